The summed E-state index contributed by atoms with van der Waals surface area (Å²) >= 11 is 0. The molecule has 22 heavy (non-hydrogen) atoms. The maximum absolute atomic E-state index is 12.9. The summed E-state index contributed by atoms with van der Waals surface area (Å²) in [6.07, 6.45) is 4.65. The van der Waals surface area contributed by atoms with E-state index in [4.69, 9.17) is 5.73 Å². The number of carbonyl (C=O) groups is 2. The normalized spacial score (nSPS) is 22.0. The highest BCUT2D eigenvalue weighted by Crippen LogP contribution is 2.33. The Labute approximate surface area is 130 Å². The molecule has 3 rings (SSSR count). The van der Waals surface area contributed by atoms with Crippen LogP contribution < -0.4 is 11.1 Å². The van der Waals surface area contributed by atoms with Gasteiger partial charge in [0.1, 0.15) is 0 Å². The van der Waals surface area contributed by atoms with Crippen molar-refractivity contribution in [2.45, 2.75) is 44.1 Å². The summed E-state index contributed by atoms with van der Waals surface area (Å²) in [5.74, 6) is 0.246. The molecule has 2 aliphatic rings. The molecule has 3 N–H and O–H groups in total. The predicted octanol–water partition coefficient (Wildman–Crippen LogP) is 1.77. The van der Waals surface area contributed by atoms with Crippen LogP contribution in [0.2, 0.25) is 0 Å². The Balaban J connectivity index is 1.65. The van der Waals surface area contributed by atoms with E-state index in [2.05, 4.69) is 17.4 Å². The van der Waals surface area contributed by atoms with Crippen molar-refractivity contribution in [1.82, 2.24) is 10.2 Å². The fourth-order valence-corrected chi connectivity index (χ4v) is 3.68. The Kier molecular flexibility index (Phi) is 4.32. The van der Waals surface area contributed by atoms with Crippen LogP contribution in [0.4, 0.5) is 4.79 Å². The lowest BCUT2D eigenvalue weighted by atomic mass is 9.82. The van der Waals surface area contributed by atoms with Crippen molar-refractivity contribution in [3.8, 4) is 0 Å². The summed E-state index contributed by atoms with van der Waals surface area (Å²) in [6.45, 7) is 1.39. The van der Waals surface area contributed by atoms with Gasteiger partial charge >= 0.3 is 6.03 Å². The summed E-state index contributed by atoms with van der Waals surface area (Å²) < 4.78 is 0. The van der Waals surface area contributed by atoms with E-state index in [0.29, 0.717) is 13.1 Å². The average molecular weight is 301 g/mol. The summed E-state index contributed by atoms with van der Waals surface area (Å²) in [5, 5.41) is 2.74. The highest BCUT2D eigenvalue weighted by molar-refractivity contribution is 5.84. The van der Waals surface area contributed by atoms with Crippen LogP contribution in [0.5, 0.6) is 0 Å². The van der Waals surface area contributed by atoms with Gasteiger partial charge in [0.2, 0.25) is 5.91 Å². The zero-order chi connectivity index (χ0) is 15.5. The SMILES string of the molecule is NC(=O)NC1CCN(C(=O)C2CCCc3ccccc32)CC1. The molecular weight excluding hydrogens is 278 g/mol. The first kappa shape index (κ1) is 14.9. The van der Waals surface area contributed by atoms with Gasteiger partial charge in [-0.25, -0.2) is 4.79 Å². The lowest BCUT2D eigenvalue weighted by Gasteiger charge is -2.35. The Bertz CT molecular complexity index is 565. The average Bonchev–Trinajstić information content (AvgIpc) is 2.54. The topological polar surface area (TPSA) is 75.4 Å². The first-order chi connectivity index (χ1) is 10.6. The predicted molar refractivity (Wildman–Crippen MR) is 84.4 cm³/mol. The van der Waals surface area contributed by atoms with Crippen LogP contribution in [0, 0.1) is 0 Å². The molecule has 1 aliphatic heterocycles. The van der Waals surface area contributed by atoms with E-state index in [1.807, 2.05) is 17.0 Å². The Morgan fingerprint density at radius 3 is 2.59 bits per heavy atom. The largest absolute Gasteiger partial charge is 0.352 e. The number of hydrogen-bond donors (Lipinski definition) is 2. The first-order valence-corrected chi connectivity index (χ1v) is 8.07. The maximum Gasteiger partial charge on any atom is 0.312 e. The quantitative estimate of drug-likeness (QED) is 0.873. The lowest BCUT2D eigenvalue weighted by Crippen LogP contribution is -2.49. The molecule has 118 valence electrons. The molecular formula is C17H23N3O2. The van der Waals surface area contributed by atoms with Crippen LogP contribution in [0.3, 0.4) is 0 Å². The van der Waals surface area contributed by atoms with E-state index in [9.17, 15) is 9.59 Å². The van der Waals surface area contributed by atoms with Crippen molar-refractivity contribution in [2.75, 3.05) is 13.1 Å². The van der Waals surface area contributed by atoms with Crippen LogP contribution in [-0.2, 0) is 11.2 Å². The van der Waals surface area contributed by atoms with Gasteiger partial charge < -0.3 is 16.0 Å². The number of hydrogen-bond acceptors (Lipinski definition) is 2. The third-order valence-corrected chi connectivity index (χ3v) is 4.82. The Hall–Kier alpha value is -2.04. The first-order valence-electron chi connectivity index (χ1n) is 8.07. The van der Waals surface area contributed by atoms with E-state index in [1.165, 1.54) is 11.1 Å². The molecule has 1 atom stereocenters. The number of rotatable bonds is 2. The van der Waals surface area contributed by atoms with Gasteiger partial charge in [0.05, 0.1) is 5.92 Å². The van der Waals surface area contributed by atoms with Crippen molar-refractivity contribution < 1.29 is 9.59 Å². The van der Waals surface area contributed by atoms with Gasteiger partial charge in [-0.1, -0.05) is 24.3 Å². The number of likely N-dealkylation sites (tertiary alicyclic amines) is 1. The molecule has 1 fully saturated rings. The van der Waals surface area contributed by atoms with Gasteiger partial charge in [-0.15, -0.1) is 0 Å². The smallest absolute Gasteiger partial charge is 0.312 e. The minimum absolute atomic E-state index is 0.00518. The molecule has 0 aromatic heterocycles. The van der Waals surface area contributed by atoms with E-state index in [1.54, 1.807) is 0 Å². The molecule has 5 nitrogen and oxygen atoms in total. The van der Waals surface area contributed by atoms with Crippen LogP contribution in [-0.4, -0.2) is 36.0 Å². The number of fused-ring (bicyclic) bond motifs is 1. The van der Waals surface area contributed by atoms with E-state index in [0.717, 1.165) is 32.1 Å². The molecule has 3 amide bonds. The standard InChI is InChI=1S/C17H23N3O2/c18-17(22)19-13-8-10-20(11-9-13)16(21)15-7-3-5-12-4-1-2-6-14(12)15/h1-2,4,6,13,15H,3,5,7-11H2,(H3,18,19,22). The second-order valence-electron chi connectivity index (χ2n) is 6.25. The minimum Gasteiger partial charge on any atom is -0.352 e. The number of nitrogens with one attached hydrogen (secondary N) is 1. The van der Waals surface area contributed by atoms with Gasteiger partial charge in [0.25, 0.3) is 0 Å². The second kappa shape index (κ2) is 6.38. The number of aryl methyl sites for hydroxylation is 1. The fourth-order valence-electron chi connectivity index (χ4n) is 3.68. The van der Waals surface area contributed by atoms with Crippen LogP contribution in [0.1, 0.15) is 42.7 Å². The second-order valence-corrected chi connectivity index (χ2v) is 6.25. The number of amides is 3. The summed E-state index contributed by atoms with van der Waals surface area (Å²) in [6, 6.07) is 7.92. The number of piperidine rings is 1. The Morgan fingerprint density at radius 2 is 1.86 bits per heavy atom. The molecule has 1 aromatic carbocycles. The van der Waals surface area contributed by atoms with Crippen LogP contribution >= 0.6 is 0 Å². The van der Waals surface area contributed by atoms with Gasteiger partial charge in [-0.05, 0) is 43.2 Å². The molecule has 1 aliphatic carbocycles. The summed E-state index contributed by atoms with van der Waals surface area (Å²) in [7, 11) is 0. The highest BCUT2D eigenvalue weighted by Gasteiger charge is 2.31. The van der Waals surface area contributed by atoms with Gasteiger partial charge in [-0.2, -0.15) is 0 Å². The molecule has 0 radical (unpaired) electrons. The van der Waals surface area contributed by atoms with Crippen molar-refractivity contribution in [3.05, 3.63) is 35.4 Å². The van der Waals surface area contributed by atoms with Crippen LogP contribution in [0.25, 0.3) is 0 Å². The monoisotopic (exact) mass is 301 g/mol. The molecule has 5 heteroatoms. The van der Waals surface area contributed by atoms with Crippen molar-refractivity contribution >= 4 is 11.9 Å². The molecule has 1 saturated heterocycles. The summed E-state index contributed by atoms with van der Waals surface area (Å²) in [5.41, 5.74) is 7.68. The highest BCUT2D eigenvalue weighted by atomic mass is 16.2. The van der Waals surface area contributed by atoms with E-state index < -0.39 is 6.03 Å². The number of benzene rings is 1. The number of nitrogens with zero attached hydrogens (tertiary/aromatic N) is 1. The van der Waals surface area contributed by atoms with Crippen LogP contribution in [0.15, 0.2) is 24.3 Å². The van der Waals surface area contributed by atoms with Crippen molar-refractivity contribution in [2.24, 2.45) is 5.73 Å². The molecule has 1 unspecified atom stereocenters. The number of carbonyl (C=O) groups excluding carboxylic acids is 2. The minimum atomic E-state index is -0.481. The zero-order valence-electron chi connectivity index (χ0n) is 12.8. The van der Waals surface area contributed by atoms with Gasteiger partial charge in [0, 0.05) is 19.1 Å². The molecule has 1 heterocycles. The summed E-state index contributed by atoms with van der Waals surface area (Å²) in [4.78, 5) is 25.7. The van der Waals surface area contributed by atoms with Gasteiger partial charge in [-0.3, -0.25) is 4.79 Å². The zero-order valence-corrected chi connectivity index (χ0v) is 12.8. The lowest BCUT2D eigenvalue weighted by molar-refractivity contribution is -0.134. The van der Waals surface area contributed by atoms with Gasteiger partial charge in [0.15, 0.2) is 0 Å². The fraction of sp³-hybridized carbons (Fsp3) is 0.529. The third kappa shape index (κ3) is 3.08. The third-order valence-electron chi connectivity index (χ3n) is 4.82. The number of urea groups is 1. The van der Waals surface area contributed by atoms with E-state index >= 15 is 0 Å². The molecule has 0 bridgehead atoms. The molecule has 1 aromatic rings. The van der Waals surface area contributed by atoms with Crippen molar-refractivity contribution in [3.63, 3.8) is 0 Å². The number of primary amides is 1. The molecule has 0 spiro atoms. The Morgan fingerprint density at radius 1 is 1.14 bits per heavy atom. The van der Waals surface area contributed by atoms with Crippen molar-refractivity contribution in [1.29, 1.82) is 0 Å². The van der Waals surface area contributed by atoms with E-state index in [-0.39, 0.29) is 17.9 Å². The number of nitrogens with two attached hydrogens (primary N) is 1. The molecule has 0 saturated carbocycles. The maximum atomic E-state index is 12.9.